The Morgan fingerprint density at radius 3 is 2.31 bits per heavy atom. The van der Waals surface area contributed by atoms with Gasteiger partial charge in [0, 0.05) is 18.4 Å². The maximum Gasteiger partial charge on any atom is 0.221 e. The Morgan fingerprint density at radius 2 is 1.81 bits per heavy atom. The number of hydrogen-bond donors (Lipinski definition) is 2. The molecular weight excluding hydrogens is 340 g/mol. The first-order valence-electron chi connectivity index (χ1n) is 4.44. The van der Waals surface area contributed by atoms with Crippen LogP contribution in [0.1, 0.15) is 6.92 Å². The number of carbonyl (C=O) groups excluding carboxylic acids is 1. The van der Waals surface area contributed by atoms with Crippen molar-refractivity contribution >= 4 is 49.1 Å². The topological polar surface area (TPSA) is 58.2 Å². The highest BCUT2D eigenvalue weighted by molar-refractivity contribution is 9.11. The zero-order valence-electron chi connectivity index (χ0n) is 8.73. The van der Waals surface area contributed by atoms with Crippen LogP contribution in [0.15, 0.2) is 25.9 Å². The monoisotopic (exact) mass is 348 g/mol. The highest BCUT2D eigenvalue weighted by atomic mass is 79.9. The third kappa shape index (κ3) is 3.05. The maximum atomic E-state index is 11.7. The van der Waals surface area contributed by atoms with E-state index >= 15 is 0 Å². The first-order valence-corrected chi connectivity index (χ1v) is 6.03. The summed E-state index contributed by atoms with van der Waals surface area (Å²) >= 11 is 6.46. The van der Waals surface area contributed by atoms with E-state index in [1.54, 1.807) is 19.2 Å². The Balaban J connectivity index is 3.47. The summed E-state index contributed by atoms with van der Waals surface area (Å²) in [6.07, 6.45) is 0. The highest BCUT2D eigenvalue weighted by Gasteiger charge is 2.07. The minimum Gasteiger partial charge on any atom is -0.385 e. The molecule has 0 heterocycles. The lowest BCUT2D eigenvalue weighted by Crippen LogP contribution is -2.07. The molecule has 0 aromatic heterocycles. The second kappa shape index (κ2) is 5.45. The van der Waals surface area contributed by atoms with Crippen LogP contribution in [0.3, 0.4) is 0 Å². The van der Waals surface area contributed by atoms with Gasteiger partial charge in [0.15, 0.2) is 0 Å². The van der Waals surface area contributed by atoms with E-state index in [4.69, 9.17) is 0 Å². The van der Waals surface area contributed by atoms with Crippen molar-refractivity contribution in [3.05, 3.63) is 31.3 Å². The van der Waals surface area contributed by atoms with E-state index in [0.29, 0.717) is 20.3 Å². The lowest BCUT2D eigenvalue weighted by Gasteiger charge is -2.02. The fourth-order valence-electron chi connectivity index (χ4n) is 1.13. The average molecular weight is 350 g/mol. The molecule has 0 atom stereocenters. The van der Waals surface area contributed by atoms with E-state index in [9.17, 15) is 9.59 Å². The standard InChI is InChI=1S/C10H10Br2N2O2/c1-5(15)14-8-4-9(13-2)10(16)7(12)3-6(8)11/h3-4H,1-2H3,(H,13,16)(H,14,15). The lowest BCUT2D eigenvalue weighted by molar-refractivity contribution is -0.114. The molecule has 16 heavy (non-hydrogen) atoms. The summed E-state index contributed by atoms with van der Waals surface area (Å²) in [6, 6.07) is 3.19. The summed E-state index contributed by atoms with van der Waals surface area (Å²) in [7, 11) is 1.65. The molecule has 4 nitrogen and oxygen atoms in total. The molecule has 0 fully saturated rings. The largest absolute Gasteiger partial charge is 0.385 e. The molecule has 2 N–H and O–H groups in total. The third-order valence-corrected chi connectivity index (χ3v) is 3.09. The van der Waals surface area contributed by atoms with E-state index < -0.39 is 0 Å². The minimum absolute atomic E-state index is 0.167. The molecular formula is C10H10Br2N2O2. The second-order valence-corrected chi connectivity index (χ2v) is 4.78. The molecule has 0 unspecified atom stereocenters. The first-order chi connectivity index (χ1) is 7.45. The predicted octanol–water partition coefficient (Wildman–Crippen LogP) is 2.57. The Morgan fingerprint density at radius 1 is 1.19 bits per heavy atom. The van der Waals surface area contributed by atoms with Crippen molar-refractivity contribution in [1.82, 2.24) is 0 Å². The van der Waals surface area contributed by atoms with Crippen molar-refractivity contribution in [3.8, 4) is 0 Å². The molecule has 1 amide bonds. The summed E-state index contributed by atoms with van der Waals surface area (Å²) in [6.45, 7) is 1.41. The summed E-state index contributed by atoms with van der Waals surface area (Å²) in [5.41, 5.74) is 0.778. The van der Waals surface area contributed by atoms with Crippen LogP contribution in [0, 0.1) is 0 Å². The first kappa shape index (κ1) is 13.2. The van der Waals surface area contributed by atoms with Gasteiger partial charge in [-0.15, -0.1) is 0 Å². The van der Waals surface area contributed by atoms with Gasteiger partial charge in [0.1, 0.15) is 0 Å². The van der Waals surface area contributed by atoms with E-state index in [1.807, 2.05) is 0 Å². The predicted molar refractivity (Wildman–Crippen MR) is 72.0 cm³/mol. The molecule has 0 radical (unpaired) electrons. The van der Waals surface area contributed by atoms with Crippen LogP contribution >= 0.6 is 31.9 Å². The molecule has 0 saturated carbocycles. The number of hydrogen-bond acceptors (Lipinski definition) is 3. The van der Waals surface area contributed by atoms with Gasteiger partial charge < -0.3 is 10.6 Å². The van der Waals surface area contributed by atoms with Gasteiger partial charge in [-0.1, -0.05) is 0 Å². The second-order valence-electron chi connectivity index (χ2n) is 3.07. The molecule has 0 aliphatic rings. The number of carbonyl (C=O) groups is 1. The Labute approximate surface area is 110 Å². The number of nitrogens with one attached hydrogen (secondary N) is 2. The Kier molecular flexibility index (Phi) is 4.49. The van der Waals surface area contributed by atoms with Crippen LogP contribution in [0.2, 0.25) is 0 Å². The Bertz CT molecular complexity index is 489. The molecule has 0 aliphatic heterocycles. The van der Waals surface area contributed by atoms with Crippen LogP contribution in [-0.2, 0) is 4.79 Å². The van der Waals surface area contributed by atoms with Gasteiger partial charge in [0.05, 0.1) is 15.8 Å². The van der Waals surface area contributed by atoms with Crippen molar-refractivity contribution in [1.29, 1.82) is 0 Å². The number of rotatable bonds is 2. The van der Waals surface area contributed by atoms with Crippen LogP contribution in [0.5, 0.6) is 0 Å². The summed E-state index contributed by atoms with van der Waals surface area (Å²) in [5, 5.41) is 5.42. The van der Waals surface area contributed by atoms with Gasteiger partial charge >= 0.3 is 0 Å². The maximum absolute atomic E-state index is 11.7. The molecule has 0 spiro atoms. The zero-order chi connectivity index (χ0) is 12.3. The van der Waals surface area contributed by atoms with Gasteiger partial charge in [-0.3, -0.25) is 9.59 Å². The molecule has 0 bridgehead atoms. The van der Waals surface area contributed by atoms with E-state index in [1.165, 1.54) is 6.92 Å². The van der Waals surface area contributed by atoms with Gasteiger partial charge in [-0.25, -0.2) is 0 Å². The fourth-order valence-corrected chi connectivity index (χ4v) is 2.33. The van der Waals surface area contributed by atoms with Crippen LogP contribution < -0.4 is 16.1 Å². The number of anilines is 2. The number of amides is 1. The van der Waals surface area contributed by atoms with Gasteiger partial charge in [-0.05, 0) is 44.0 Å². The van der Waals surface area contributed by atoms with E-state index in [-0.39, 0.29) is 11.3 Å². The van der Waals surface area contributed by atoms with Crippen molar-refractivity contribution in [2.75, 3.05) is 17.7 Å². The molecule has 1 aromatic carbocycles. The normalized spacial score (nSPS) is 9.75. The molecule has 1 rings (SSSR count). The van der Waals surface area contributed by atoms with E-state index in [0.717, 1.165) is 0 Å². The van der Waals surface area contributed by atoms with Crippen molar-refractivity contribution in [2.24, 2.45) is 0 Å². The van der Waals surface area contributed by atoms with Crippen LogP contribution in [0.4, 0.5) is 11.4 Å². The number of halogens is 2. The molecule has 1 aromatic rings. The summed E-state index contributed by atoms with van der Waals surface area (Å²) in [4.78, 5) is 22.7. The van der Waals surface area contributed by atoms with Gasteiger partial charge in [-0.2, -0.15) is 0 Å². The molecule has 0 aliphatic carbocycles. The highest BCUT2D eigenvalue weighted by Crippen LogP contribution is 2.25. The van der Waals surface area contributed by atoms with Crippen molar-refractivity contribution in [3.63, 3.8) is 0 Å². The quantitative estimate of drug-likeness (QED) is 0.862. The summed E-state index contributed by atoms with van der Waals surface area (Å²) < 4.78 is 1.05. The van der Waals surface area contributed by atoms with Crippen LogP contribution in [0.25, 0.3) is 0 Å². The SMILES string of the molecule is CNc1cc(NC(C)=O)c(Br)cc(Br)c1=O. The van der Waals surface area contributed by atoms with Gasteiger partial charge in [0.2, 0.25) is 11.3 Å². The van der Waals surface area contributed by atoms with Crippen molar-refractivity contribution in [2.45, 2.75) is 6.92 Å². The smallest absolute Gasteiger partial charge is 0.221 e. The third-order valence-electron chi connectivity index (χ3n) is 1.84. The molecule has 6 heteroatoms. The molecule has 86 valence electrons. The van der Waals surface area contributed by atoms with Crippen molar-refractivity contribution < 1.29 is 4.79 Å². The Hall–Kier alpha value is -0.880. The minimum atomic E-state index is -0.197. The molecule has 0 saturated heterocycles. The zero-order valence-corrected chi connectivity index (χ0v) is 11.9. The van der Waals surface area contributed by atoms with Gasteiger partial charge in [0.25, 0.3) is 0 Å². The summed E-state index contributed by atoms with van der Waals surface area (Å²) in [5.74, 6) is -0.197. The lowest BCUT2D eigenvalue weighted by atomic mass is 10.4. The van der Waals surface area contributed by atoms with Crippen LogP contribution in [-0.4, -0.2) is 13.0 Å². The van der Waals surface area contributed by atoms with E-state index in [2.05, 4.69) is 42.5 Å². The average Bonchev–Trinajstić information content (AvgIpc) is 2.30. The fraction of sp³-hybridized carbons (Fsp3) is 0.200.